The lowest BCUT2D eigenvalue weighted by atomic mass is 9.97. The molecule has 3 heterocycles. The molecule has 0 bridgehead atoms. The fourth-order valence-electron chi connectivity index (χ4n) is 4.11. The van der Waals surface area contributed by atoms with E-state index in [9.17, 15) is 4.79 Å². The van der Waals surface area contributed by atoms with Crippen molar-refractivity contribution < 1.29 is 4.79 Å². The lowest BCUT2D eigenvalue weighted by molar-refractivity contribution is 0.0654. The third-order valence-corrected chi connectivity index (χ3v) is 5.41. The molecule has 6 heteroatoms. The molecular weight excluding hydrogens is 302 g/mol. The summed E-state index contributed by atoms with van der Waals surface area (Å²) in [7, 11) is 0. The highest BCUT2D eigenvalue weighted by Gasteiger charge is 2.26. The zero-order chi connectivity index (χ0) is 16.4. The summed E-state index contributed by atoms with van der Waals surface area (Å²) in [4.78, 5) is 17.5. The average molecular weight is 327 g/mol. The van der Waals surface area contributed by atoms with Crippen LogP contribution in [0.15, 0.2) is 24.5 Å². The van der Waals surface area contributed by atoms with Crippen molar-refractivity contribution in [2.45, 2.75) is 51.0 Å². The quantitative estimate of drug-likeness (QED) is 0.939. The molecule has 0 radical (unpaired) electrons. The Kier molecular flexibility index (Phi) is 4.36. The van der Waals surface area contributed by atoms with Crippen molar-refractivity contribution in [3.63, 3.8) is 0 Å². The normalized spacial score (nSPS) is 22.2. The molecule has 0 unspecified atom stereocenters. The van der Waals surface area contributed by atoms with Crippen LogP contribution in [0.1, 0.15) is 60.6 Å². The van der Waals surface area contributed by atoms with Crippen molar-refractivity contribution >= 4 is 5.91 Å². The topological polar surface area (TPSA) is 66.8 Å². The predicted octanol–water partition coefficient (Wildman–Crippen LogP) is 2.82. The molecule has 4 rings (SSSR count). The van der Waals surface area contributed by atoms with Gasteiger partial charge in [-0.1, -0.05) is 18.1 Å². The van der Waals surface area contributed by atoms with Gasteiger partial charge in [-0.15, -0.1) is 5.10 Å². The monoisotopic (exact) mass is 327 g/mol. The van der Waals surface area contributed by atoms with Gasteiger partial charge < -0.3 is 9.88 Å². The van der Waals surface area contributed by atoms with Crippen LogP contribution in [0.5, 0.6) is 0 Å². The van der Waals surface area contributed by atoms with E-state index in [0.29, 0.717) is 17.5 Å². The first-order chi connectivity index (χ1) is 11.8. The van der Waals surface area contributed by atoms with Gasteiger partial charge in [-0.3, -0.25) is 9.48 Å². The number of likely N-dealkylation sites (tertiary alicyclic amines) is 1. The van der Waals surface area contributed by atoms with Gasteiger partial charge in [0.2, 0.25) is 0 Å². The van der Waals surface area contributed by atoms with Gasteiger partial charge in [-0.05, 0) is 43.7 Å². The summed E-state index contributed by atoms with van der Waals surface area (Å²) in [6, 6.07) is 3.71. The van der Waals surface area contributed by atoms with Crippen LogP contribution in [-0.4, -0.2) is 43.9 Å². The Morgan fingerprint density at radius 1 is 1.25 bits per heavy atom. The number of aromatic amines is 1. The number of hydrogen-bond donors (Lipinski definition) is 1. The second-order valence-corrected chi connectivity index (χ2v) is 7.19. The Morgan fingerprint density at radius 3 is 2.92 bits per heavy atom. The minimum Gasteiger partial charge on any atom is -0.357 e. The number of amides is 1. The number of rotatable bonds is 4. The third-order valence-electron chi connectivity index (χ3n) is 5.41. The SMILES string of the molecule is O=C(c1ccc[nH]1)N1CCC[C@@H](Cn2cc(C3CCCC3)nn2)C1. The smallest absolute Gasteiger partial charge is 0.270 e. The van der Waals surface area contributed by atoms with Gasteiger partial charge >= 0.3 is 0 Å². The maximum Gasteiger partial charge on any atom is 0.270 e. The lowest BCUT2D eigenvalue weighted by Crippen LogP contribution is -2.41. The highest BCUT2D eigenvalue weighted by atomic mass is 16.2. The fourth-order valence-corrected chi connectivity index (χ4v) is 4.11. The Labute approximate surface area is 142 Å². The Hall–Kier alpha value is -2.11. The van der Waals surface area contributed by atoms with E-state index in [1.54, 1.807) is 6.20 Å². The molecule has 2 aromatic rings. The minimum atomic E-state index is 0.106. The maximum atomic E-state index is 12.5. The molecule has 2 fully saturated rings. The standard InChI is InChI=1S/C18H25N5O/c24-18(16-8-3-9-19-16)22-10-4-5-14(11-22)12-23-13-17(20-21-23)15-6-1-2-7-15/h3,8-9,13-15,19H,1-2,4-7,10-12H2/t14-/m1/s1. The number of aromatic nitrogens is 4. The van der Waals surface area contributed by atoms with Crippen LogP contribution in [-0.2, 0) is 6.54 Å². The zero-order valence-electron chi connectivity index (χ0n) is 14.0. The molecular formula is C18H25N5O. The number of hydrogen-bond acceptors (Lipinski definition) is 3. The lowest BCUT2D eigenvalue weighted by Gasteiger charge is -2.32. The average Bonchev–Trinajstić information content (AvgIpc) is 3.35. The molecule has 2 aromatic heterocycles. The second kappa shape index (κ2) is 6.79. The largest absolute Gasteiger partial charge is 0.357 e. The van der Waals surface area contributed by atoms with Gasteiger partial charge in [0.1, 0.15) is 5.69 Å². The molecule has 1 aliphatic heterocycles. The first-order valence-corrected chi connectivity index (χ1v) is 9.12. The first-order valence-electron chi connectivity index (χ1n) is 9.12. The predicted molar refractivity (Wildman–Crippen MR) is 90.7 cm³/mol. The third kappa shape index (κ3) is 3.23. The van der Waals surface area contributed by atoms with Gasteiger partial charge in [0, 0.05) is 37.9 Å². The van der Waals surface area contributed by atoms with E-state index in [4.69, 9.17) is 0 Å². The van der Waals surface area contributed by atoms with Crippen LogP contribution >= 0.6 is 0 Å². The molecule has 128 valence electrons. The van der Waals surface area contributed by atoms with Crippen molar-refractivity contribution in [1.82, 2.24) is 24.9 Å². The molecule has 24 heavy (non-hydrogen) atoms. The minimum absolute atomic E-state index is 0.106. The van der Waals surface area contributed by atoms with Gasteiger partial charge in [-0.25, -0.2) is 0 Å². The summed E-state index contributed by atoms with van der Waals surface area (Å²) in [6.45, 7) is 2.50. The fraction of sp³-hybridized carbons (Fsp3) is 0.611. The van der Waals surface area contributed by atoms with Crippen LogP contribution in [0.3, 0.4) is 0 Å². The van der Waals surface area contributed by atoms with Crippen molar-refractivity contribution in [2.24, 2.45) is 5.92 Å². The molecule has 1 aliphatic carbocycles. The molecule has 0 aromatic carbocycles. The summed E-state index contributed by atoms with van der Waals surface area (Å²) in [5, 5.41) is 8.72. The highest BCUT2D eigenvalue weighted by Crippen LogP contribution is 2.32. The Morgan fingerprint density at radius 2 is 2.12 bits per heavy atom. The van der Waals surface area contributed by atoms with Crippen molar-refractivity contribution in [1.29, 1.82) is 0 Å². The van der Waals surface area contributed by atoms with E-state index in [0.717, 1.165) is 38.2 Å². The number of nitrogens with one attached hydrogen (secondary N) is 1. The van der Waals surface area contributed by atoms with Gasteiger partial charge in [0.25, 0.3) is 5.91 Å². The molecule has 0 spiro atoms. The number of carbonyl (C=O) groups excluding carboxylic acids is 1. The number of H-pyrrole nitrogens is 1. The number of nitrogens with zero attached hydrogens (tertiary/aromatic N) is 4. The first kappa shape index (κ1) is 15.4. The highest BCUT2D eigenvalue weighted by molar-refractivity contribution is 5.92. The molecule has 1 saturated heterocycles. The summed E-state index contributed by atoms with van der Waals surface area (Å²) < 4.78 is 1.99. The van der Waals surface area contributed by atoms with Gasteiger partial charge in [-0.2, -0.15) is 0 Å². The number of carbonyl (C=O) groups is 1. The van der Waals surface area contributed by atoms with Crippen LogP contribution < -0.4 is 0 Å². The van der Waals surface area contributed by atoms with Gasteiger partial charge in [0.15, 0.2) is 0 Å². The van der Waals surface area contributed by atoms with E-state index < -0.39 is 0 Å². The van der Waals surface area contributed by atoms with Crippen molar-refractivity contribution in [2.75, 3.05) is 13.1 Å². The summed E-state index contributed by atoms with van der Waals surface area (Å²) in [5.41, 5.74) is 1.84. The van der Waals surface area contributed by atoms with E-state index >= 15 is 0 Å². The molecule has 1 saturated carbocycles. The summed E-state index contributed by atoms with van der Waals surface area (Å²) >= 11 is 0. The molecule has 2 aliphatic rings. The molecule has 1 atom stereocenters. The van der Waals surface area contributed by atoms with E-state index in [-0.39, 0.29) is 5.91 Å². The van der Waals surface area contributed by atoms with Crippen LogP contribution in [0.2, 0.25) is 0 Å². The van der Waals surface area contributed by atoms with Crippen LogP contribution in [0.4, 0.5) is 0 Å². The van der Waals surface area contributed by atoms with Crippen LogP contribution in [0.25, 0.3) is 0 Å². The van der Waals surface area contributed by atoms with E-state index in [1.807, 2.05) is 21.7 Å². The van der Waals surface area contributed by atoms with Gasteiger partial charge in [0.05, 0.1) is 5.69 Å². The Balaban J connectivity index is 1.37. The van der Waals surface area contributed by atoms with Crippen molar-refractivity contribution in [3.05, 3.63) is 35.9 Å². The maximum absolute atomic E-state index is 12.5. The summed E-state index contributed by atoms with van der Waals surface area (Å²) in [5.74, 6) is 1.17. The summed E-state index contributed by atoms with van der Waals surface area (Å²) in [6.07, 6.45) is 11.3. The molecule has 1 amide bonds. The molecule has 1 N–H and O–H groups in total. The molecule has 6 nitrogen and oxygen atoms in total. The van der Waals surface area contributed by atoms with E-state index in [2.05, 4.69) is 21.5 Å². The zero-order valence-corrected chi connectivity index (χ0v) is 14.0. The number of piperidine rings is 1. The van der Waals surface area contributed by atoms with Crippen LogP contribution in [0, 0.1) is 5.92 Å². The van der Waals surface area contributed by atoms with E-state index in [1.165, 1.54) is 25.7 Å². The second-order valence-electron chi connectivity index (χ2n) is 7.19. The van der Waals surface area contributed by atoms with Crippen molar-refractivity contribution in [3.8, 4) is 0 Å². The Bertz CT molecular complexity index is 671.